The van der Waals surface area contributed by atoms with Gasteiger partial charge in [0.05, 0.1) is 30.3 Å². The maximum absolute atomic E-state index is 6.65. The average molecular weight is 501 g/mol. The van der Waals surface area contributed by atoms with Gasteiger partial charge in [0.1, 0.15) is 18.0 Å². The van der Waals surface area contributed by atoms with Crippen LogP contribution in [-0.2, 0) is 18.3 Å². The summed E-state index contributed by atoms with van der Waals surface area (Å²) >= 11 is 7.86. The number of aryl methyl sites for hydroxylation is 1. The molecule has 4 aromatic rings. The van der Waals surface area contributed by atoms with E-state index < -0.39 is 0 Å². The number of nitrogens with zero attached hydrogens (tertiary/aromatic N) is 2. The summed E-state index contributed by atoms with van der Waals surface area (Å²) in [5.74, 6) is 0.857. The van der Waals surface area contributed by atoms with Crippen molar-refractivity contribution in [2.45, 2.75) is 25.3 Å². The summed E-state index contributed by atoms with van der Waals surface area (Å²) in [5, 5.41) is 5.71. The molecule has 3 nitrogen and oxygen atoms in total. The molecule has 0 saturated carbocycles. The Bertz CT molecular complexity index is 1510. The first-order valence-corrected chi connectivity index (χ1v) is 13.2. The minimum absolute atomic E-state index is 0.693. The Labute approximate surface area is 216 Å². The van der Waals surface area contributed by atoms with Crippen LogP contribution in [0.3, 0.4) is 0 Å². The SMILES string of the molecule is CCN1/C(=C/C=C(Cl)/C=C/c2cc[n+](CC)c3cc(OC)ccc23)[SH+]c2c1ccc1ccccc21. The molecule has 1 aliphatic rings. The quantitative estimate of drug-likeness (QED) is 0.123. The van der Waals surface area contributed by atoms with Crippen molar-refractivity contribution >= 4 is 56.8 Å². The Hall–Kier alpha value is -3.21. The number of rotatable bonds is 6. The lowest BCUT2D eigenvalue weighted by Gasteiger charge is -2.13. The van der Waals surface area contributed by atoms with Crippen LogP contribution < -0.4 is 14.2 Å². The highest BCUT2D eigenvalue weighted by Crippen LogP contribution is 2.40. The topological polar surface area (TPSA) is 16.4 Å². The van der Waals surface area contributed by atoms with Gasteiger partial charge in [-0.25, -0.2) is 0 Å². The molecular weight excluding hydrogens is 472 g/mol. The number of anilines is 1. The Balaban J connectivity index is 1.43. The predicted molar refractivity (Wildman–Crippen MR) is 151 cm³/mol. The van der Waals surface area contributed by atoms with Crippen molar-refractivity contribution in [1.82, 2.24) is 0 Å². The third kappa shape index (κ3) is 4.56. The molecule has 0 unspecified atom stereocenters. The lowest BCUT2D eigenvalue weighted by atomic mass is 10.1. The zero-order valence-corrected chi connectivity index (χ0v) is 21.9. The monoisotopic (exact) mass is 500 g/mol. The van der Waals surface area contributed by atoms with Gasteiger partial charge >= 0.3 is 0 Å². The lowest BCUT2D eigenvalue weighted by Crippen LogP contribution is -2.32. The molecule has 0 spiro atoms. The Kier molecular flexibility index (Phi) is 6.85. The molecule has 0 saturated heterocycles. The summed E-state index contributed by atoms with van der Waals surface area (Å²) in [5.41, 5.74) is 3.55. The third-order valence-electron chi connectivity index (χ3n) is 6.40. The van der Waals surface area contributed by atoms with Gasteiger partial charge in [0.15, 0.2) is 11.1 Å². The first kappa shape index (κ1) is 23.5. The molecule has 0 aliphatic carbocycles. The van der Waals surface area contributed by atoms with Crippen molar-refractivity contribution in [3.8, 4) is 5.75 Å². The zero-order chi connectivity index (χ0) is 24.4. The predicted octanol–water partition coefficient (Wildman–Crippen LogP) is 7.00. The van der Waals surface area contributed by atoms with Gasteiger partial charge < -0.3 is 4.74 Å². The van der Waals surface area contributed by atoms with E-state index in [1.165, 1.54) is 43.5 Å². The molecule has 0 radical (unpaired) electrons. The number of hydrogen-bond donors (Lipinski definition) is 0. The van der Waals surface area contributed by atoms with E-state index in [0.717, 1.165) is 29.9 Å². The van der Waals surface area contributed by atoms with E-state index in [1.54, 1.807) is 7.11 Å². The second-order valence-corrected chi connectivity index (χ2v) is 9.93. The molecule has 1 aliphatic heterocycles. The van der Waals surface area contributed by atoms with Crippen LogP contribution >= 0.6 is 11.6 Å². The number of pyridine rings is 1. The van der Waals surface area contributed by atoms with Crippen molar-refractivity contribution in [2.75, 3.05) is 18.6 Å². The van der Waals surface area contributed by atoms with Crippen molar-refractivity contribution < 1.29 is 9.30 Å². The first-order chi connectivity index (χ1) is 17.1. The summed E-state index contributed by atoms with van der Waals surface area (Å²) in [7, 11) is 1.70. The normalized spacial score (nSPS) is 15.0. The molecular formula is C30H29ClN2OS+2. The smallest absolute Gasteiger partial charge is 0.231 e. The van der Waals surface area contributed by atoms with E-state index in [9.17, 15) is 0 Å². The highest BCUT2D eigenvalue weighted by Gasteiger charge is 2.33. The summed E-state index contributed by atoms with van der Waals surface area (Å²) in [4.78, 5) is 3.74. The summed E-state index contributed by atoms with van der Waals surface area (Å²) in [6, 6.07) is 21.4. The molecule has 5 rings (SSSR count). The maximum Gasteiger partial charge on any atom is 0.231 e. The fraction of sp³-hybridized carbons (Fsp3) is 0.167. The van der Waals surface area contributed by atoms with Crippen LogP contribution in [0, 0.1) is 0 Å². The van der Waals surface area contributed by atoms with Crippen LogP contribution in [0.1, 0.15) is 19.4 Å². The van der Waals surface area contributed by atoms with E-state index in [1.807, 2.05) is 18.2 Å². The van der Waals surface area contributed by atoms with E-state index in [2.05, 4.69) is 96.3 Å². The molecule has 176 valence electrons. The molecule has 35 heavy (non-hydrogen) atoms. The molecule has 2 heterocycles. The van der Waals surface area contributed by atoms with Gasteiger partial charge in [-0.1, -0.05) is 41.9 Å². The lowest BCUT2D eigenvalue weighted by molar-refractivity contribution is -0.667. The van der Waals surface area contributed by atoms with Gasteiger partial charge in [0.25, 0.3) is 0 Å². The number of fused-ring (bicyclic) bond motifs is 4. The standard InChI is InChI=1S/C30H28ClN2OS/c1-4-32-19-18-22(25-15-14-24(34-3)20-28(25)32)10-12-23(31)13-17-29-33(5-2)27-16-11-21-8-6-7-9-26(21)30(27)35-29/h6-20H,4-5H2,1-3H3/q+1/p+1. The van der Waals surface area contributed by atoms with Crippen LogP contribution in [0.5, 0.6) is 5.75 Å². The Morgan fingerprint density at radius 3 is 2.71 bits per heavy atom. The Morgan fingerprint density at radius 1 is 1.06 bits per heavy atom. The molecule has 0 bridgehead atoms. The number of halogens is 1. The van der Waals surface area contributed by atoms with Crippen LogP contribution in [-0.4, -0.2) is 13.7 Å². The highest BCUT2D eigenvalue weighted by atomic mass is 35.5. The zero-order valence-electron chi connectivity index (χ0n) is 20.2. The van der Waals surface area contributed by atoms with Crippen LogP contribution in [0.4, 0.5) is 5.69 Å². The second kappa shape index (κ2) is 10.2. The second-order valence-electron chi connectivity index (χ2n) is 8.36. The van der Waals surface area contributed by atoms with Crippen LogP contribution in [0.2, 0.25) is 0 Å². The van der Waals surface area contributed by atoms with Crippen molar-refractivity contribution in [1.29, 1.82) is 0 Å². The van der Waals surface area contributed by atoms with Gasteiger partial charge in [0, 0.05) is 29.1 Å². The van der Waals surface area contributed by atoms with Crippen LogP contribution in [0.25, 0.3) is 27.8 Å². The van der Waals surface area contributed by atoms with E-state index in [0.29, 0.717) is 5.03 Å². The largest absolute Gasteiger partial charge is 0.497 e. The first-order valence-electron chi connectivity index (χ1n) is 11.9. The highest BCUT2D eigenvalue weighted by molar-refractivity contribution is 7.83. The van der Waals surface area contributed by atoms with Gasteiger partial charge in [-0.3, -0.25) is 4.90 Å². The number of aromatic nitrogens is 1. The number of benzene rings is 3. The minimum atomic E-state index is 0.693. The van der Waals surface area contributed by atoms with Crippen molar-refractivity contribution in [3.63, 3.8) is 0 Å². The molecule has 5 heteroatoms. The number of ether oxygens (including phenoxy) is 1. The summed E-state index contributed by atoms with van der Waals surface area (Å²) in [6.45, 7) is 6.15. The van der Waals surface area contributed by atoms with Gasteiger partial charge in [-0.15, -0.1) is 0 Å². The van der Waals surface area contributed by atoms with E-state index in [4.69, 9.17) is 16.3 Å². The molecule has 0 fully saturated rings. The van der Waals surface area contributed by atoms with E-state index in [-0.39, 0.29) is 0 Å². The average Bonchev–Trinajstić information content (AvgIpc) is 3.28. The maximum atomic E-state index is 6.65. The number of hydrogen-bond acceptors (Lipinski definition) is 2. The fourth-order valence-electron chi connectivity index (χ4n) is 4.60. The van der Waals surface area contributed by atoms with Crippen molar-refractivity contribution in [3.05, 3.63) is 101 Å². The van der Waals surface area contributed by atoms with E-state index >= 15 is 0 Å². The fourth-order valence-corrected chi connectivity index (χ4v) is 6.11. The van der Waals surface area contributed by atoms with Crippen LogP contribution in [0.15, 0.2) is 100 Å². The third-order valence-corrected chi connectivity index (χ3v) is 7.97. The minimum Gasteiger partial charge on any atom is -0.497 e. The summed E-state index contributed by atoms with van der Waals surface area (Å²) < 4.78 is 7.65. The van der Waals surface area contributed by atoms with Gasteiger partial charge in [-0.2, -0.15) is 4.57 Å². The number of methoxy groups -OCH3 is 1. The molecule has 0 atom stereocenters. The summed E-state index contributed by atoms with van der Waals surface area (Å²) in [6.07, 6.45) is 10.3. The van der Waals surface area contributed by atoms with Gasteiger partial charge in [-0.05, 0) is 61.2 Å². The van der Waals surface area contributed by atoms with Crippen molar-refractivity contribution in [2.24, 2.45) is 0 Å². The number of allylic oxidation sites excluding steroid dienone is 4. The molecule has 0 amide bonds. The molecule has 1 aromatic heterocycles. The molecule has 0 N–H and O–H groups in total. The Morgan fingerprint density at radius 2 is 1.91 bits per heavy atom. The van der Waals surface area contributed by atoms with Gasteiger partial charge in [0.2, 0.25) is 10.5 Å². The molecule has 3 aromatic carbocycles. The number of thiol groups is 1.